The Kier molecular flexibility index (Phi) is 5.12. The van der Waals surface area contributed by atoms with Crippen molar-refractivity contribution in [1.82, 2.24) is 0 Å². The monoisotopic (exact) mass is 307 g/mol. The topological polar surface area (TPSA) is 48.4 Å². The van der Waals surface area contributed by atoms with Crippen molar-refractivity contribution in [3.05, 3.63) is 89.9 Å². The van der Waals surface area contributed by atoms with Crippen LogP contribution in [0.5, 0.6) is 5.75 Å². The largest absolute Gasteiger partial charge is 0.489 e. The fraction of sp³-hybridized carbons (Fsp3) is 0.200. The third-order valence-electron chi connectivity index (χ3n) is 3.89. The summed E-state index contributed by atoms with van der Waals surface area (Å²) in [7, 11) is 0. The fourth-order valence-corrected chi connectivity index (χ4v) is 2.61. The predicted octanol–water partition coefficient (Wildman–Crippen LogP) is 4.14. The highest BCUT2D eigenvalue weighted by molar-refractivity contribution is 5.32. The molecule has 0 amide bonds. The van der Waals surface area contributed by atoms with Gasteiger partial charge in [0.1, 0.15) is 18.1 Å². The summed E-state index contributed by atoms with van der Waals surface area (Å²) in [6, 6.07) is 22.2. The number of furan rings is 1. The summed E-state index contributed by atoms with van der Waals surface area (Å²) in [6.45, 7) is 1.14. The van der Waals surface area contributed by atoms with Gasteiger partial charge in [-0.2, -0.15) is 0 Å². The van der Waals surface area contributed by atoms with E-state index in [0.29, 0.717) is 13.2 Å². The molecular weight excluding hydrogens is 286 g/mol. The minimum Gasteiger partial charge on any atom is -0.489 e. The van der Waals surface area contributed by atoms with E-state index in [0.717, 1.165) is 23.5 Å². The van der Waals surface area contributed by atoms with Gasteiger partial charge in [-0.3, -0.25) is 0 Å². The van der Waals surface area contributed by atoms with E-state index in [1.165, 1.54) is 5.56 Å². The summed E-state index contributed by atoms with van der Waals surface area (Å²) in [6.07, 6.45) is 2.49. The Balaban J connectivity index is 1.68. The van der Waals surface area contributed by atoms with Gasteiger partial charge in [0, 0.05) is 12.3 Å². The van der Waals surface area contributed by atoms with Gasteiger partial charge in [-0.05, 0) is 41.9 Å². The highest BCUT2D eigenvalue weighted by atomic mass is 16.5. The Hall–Kier alpha value is -2.52. The summed E-state index contributed by atoms with van der Waals surface area (Å²) in [5.74, 6) is 2.04. The van der Waals surface area contributed by atoms with E-state index in [-0.39, 0.29) is 5.92 Å². The molecule has 3 heteroatoms. The van der Waals surface area contributed by atoms with Crippen molar-refractivity contribution in [2.75, 3.05) is 6.54 Å². The molecule has 23 heavy (non-hydrogen) atoms. The molecule has 3 nitrogen and oxygen atoms in total. The van der Waals surface area contributed by atoms with E-state index in [2.05, 4.69) is 24.3 Å². The standard InChI is InChI=1S/C20H21NO2/c21-14-18(13-19-10-5-11-22-19)17-8-4-9-20(12-17)23-15-16-6-2-1-3-7-16/h1-12,18H,13-15,21H2. The first-order valence-electron chi connectivity index (χ1n) is 7.84. The molecule has 1 heterocycles. The molecule has 1 aromatic heterocycles. The van der Waals surface area contributed by atoms with Crippen LogP contribution in [0.1, 0.15) is 22.8 Å². The van der Waals surface area contributed by atoms with Gasteiger partial charge in [0.25, 0.3) is 0 Å². The summed E-state index contributed by atoms with van der Waals surface area (Å²) in [5, 5.41) is 0. The lowest BCUT2D eigenvalue weighted by atomic mass is 9.94. The zero-order valence-electron chi connectivity index (χ0n) is 13.0. The van der Waals surface area contributed by atoms with Crippen molar-refractivity contribution >= 4 is 0 Å². The fourth-order valence-electron chi connectivity index (χ4n) is 2.61. The van der Waals surface area contributed by atoms with Crippen LogP contribution in [-0.4, -0.2) is 6.54 Å². The van der Waals surface area contributed by atoms with Gasteiger partial charge in [-0.15, -0.1) is 0 Å². The van der Waals surface area contributed by atoms with Crippen LogP contribution in [-0.2, 0) is 13.0 Å². The Labute approximate surface area is 136 Å². The zero-order valence-corrected chi connectivity index (χ0v) is 13.0. The third kappa shape index (κ3) is 4.24. The lowest BCUT2D eigenvalue weighted by molar-refractivity contribution is 0.305. The summed E-state index contributed by atoms with van der Waals surface area (Å²) < 4.78 is 11.3. The molecule has 0 spiro atoms. The number of nitrogens with two attached hydrogens (primary N) is 1. The van der Waals surface area contributed by atoms with Crippen molar-refractivity contribution < 1.29 is 9.15 Å². The lowest BCUT2D eigenvalue weighted by Gasteiger charge is -2.15. The van der Waals surface area contributed by atoms with Crippen LogP contribution in [0, 0.1) is 0 Å². The second kappa shape index (κ2) is 7.65. The molecule has 2 aromatic carbocycles. The molecule has 3 rings (SSSR count). The van der Waals surface area contributed by atoms with Crippen LogP contribution in [0.25, 0.3) is 0 Å². The first kappa shape index (κ1) is 15.4. The molecule has 0 aliphatic carbocycles. The summed E-state index contributed by atoms with van der Waals surface area (Å²) in [4.78, 5) is 0. The number of hydrogen-bond acceptors (Lipinski definition) is 3. The van der Waals surface area contributed by atoms with Crippen molar-refractivity contribution in [2.24, 2.45) is 5.73 Å². The van der Waals surface area contributed by atoms with Crippen LogP contribution in [0.15, 0.2) is 77.4 Å². The van der Waals surface area contributed by atoms with Gasteiger partial charge in [0.2, 0.25) is 0 Å². The molecule has 118 valence electrons. The number of rotatable bonds is 7. The average molecular weight is 307 g/mol. The Morgan fingerprint density at radius 3 is 2.57 bits per heavy atom. The Bertz CT molecular complexity index is 708. The molecule has 0 aliphatic rings. The maximum atomic E-state index is 5.95. The van der Waals surface area contributed by atoms with Crippen LogP contribution in [0.4, 0.5) is 0 Å². The van der Waals surface area contributed by atoms with Crippen LogP contribution >= 0.6 is 0 Å². The molecule has 1 atom stereocenters. The molecule has 0 saturated carbocycles. The van der Waals surface area contributed by atoms with E-state index < -0.39 is 0 Å². The Morgan fingerprint density at radius 2 is 1.83 bits per heavy atom. The number of benzene rings is 2. The Morgan fingerprint density at radius 1 is 0.957 bits per heavy atom. The molecule has 0 fully saturated rings. The third-order valence-corrected chi connectivity index (χ3v) is 3.89. The van der Waals surface area contributed by atoms with Crippen LogP contribution in [0.2, 0.25) is 0 Å². The van der Waals surface area contributed by atoms with Crippen molar-refractivity contribution in [1.29, 1.82) is 0 Å². The second-order valence-electron chi connectivity index (χ2n) is 5.56. The van der Waals surface area contributed by atoms with Crippen molar-refractivity contribution in [3.63, 3.8) is 0 Å². The normalized spacial score (nSPS) is 12.0. The average Bonchev–Trinajstić information content (AvgIpc) is 3.12. The minimum atomic E-state index is 0.224. The highest BCUT2D eigenvalue weighted by Gasteiger charge is 2.13. The first-order chi connectivity index (χ1) is 11.3. The van der Waals surface area contributed by atoms with Crippen molar-refractivity contribution in [2.45, 2.75) is 18.9 Å². The molecule has 2 N–H and O–H groups in total. The molecular formula is C20H21NO2. The first-order valence-corrected chi connectivity index (χ1v) is 7.84. The van der Waals surface area contributed by atoms with Gasteiger partial charge in [0.05, 0.1) is 6.26 Å². The highest BCUT2D eigenvalue weighted by Crippen LogP contribution is 2.24. The quantitative estimate of drug-likeness (QED) is 0.713. The molecule has 0 bridgehead atoms. The van der Waals surface area contributed by atoms with Crippen molar-refractivity contribution in [3.8, 4) is 5.75 Å². The minimum absolute atomic E-state index is 0.224. The van der Waals surface area contributed by atoms with Gasteiger partial charge in [-0.1, -0.05) is 42.5 Å². The number of ether oxygens (including phenoxy) is 1. The SMILES string of the molecule is NCC(Cc1ccco1)c1cccc(OCc2ccccc2)c1. The van der Waals surface area contributed by atoms with Gasteiger partial charge in [-0.25, -0.2) is 0 Å². The second-order valence-corrected chi connectivity index (χ2v) is 5.56. The summed E-state index contributed by atoms with van der Waals surface area (Å²) >= 11 is 0. The molecule has 0 saturated heterocycles. The van der Waals surface area contributed by atoms with E-state index in [9.17, 15) is 0 Å². The van der Waals surface area contributed by atoms with E-state index >= 15 is 0 Å². The zero-order chi connectivity index (χ0) is 15.9. The molecule has 0 aliphatic heterocycles. The van der Waals surface area contributed by atoms with E-state index in [1.807, 2.05) is 42.5 Å². The number of hydrogen-bond donors (Lipinski definition) is 1. The maximum Gasteiger partial charge on any atom is 0.120 e. The van der Waals surface area contributed by atoms with Gasteiger partial charge in [0.15, 0.2) is 0 Å². The van der Waals surface area contributed by atoms with Gasteiger partial charge < -0.3 is 14.9 Å². The molecule has 0 radical (unpaired) electrons. The smallest absolute Gasteiger partial charge is 0.120 e. The van der Waals surface area contributed by atoms with E-state index in [4.69, 9.17) is 14.9 Å². The van der Waals surface area contributed by atoms with Crippen LogP contribution in [0.3, 0.4) is 0 Å². The maximum absolute atomic E-state index is 5.95. The lowest BCUT2D eigenvalue weighted by Crippen LogP contribution is -2.14. The molecule has 3 aromatic rings. The predicted molar refractivity (Wildman–Crippen MR) is 91.4 cm³/mol. The summed E-state index contributed by atoms with van der Waals surface area (Å²) in [5.41, 5.74) is 8.29. The van der Waals surface area contributed by atoms with Gasteiger partial charge >= 0.3 is 0 Å². The van der Waals surface area contributed by atoms with Crippen LogP contribution < -0.4 is 10.5 Å². The molecule has 1 unspecified atom stereocenters. The van der Waals surface area contributed by atoms with E-state index in [1.54, 1.807) is 6.26 Å².